The highest BCUT2D eigenvalue weighted by Gasteiger charge is 2.37. The fourth-order valence-corrected chi connectivity index (χ4v) is 7.59. The topological polar surface area (TPSA) is 259 Å². The van der Waals surface area contributed by atoms with Gasteiger partial charge in [-0.1, -0.05) is 40.5 Å². The molecule has 6 amide bonds. The lowest BCUT2D eigenvalue weighted by Gasteiger charge is -2.33. The molecule has 0 fully saturated rings. The molecule has 0 aromatic rings. The Balaban J connectivity index is 4.52. The van der Waals surface area contributed by atoms with Crippen LogP contribution in [0.3, 0.4) is 0 Å². The first-order valence-electron chi connectivity index (χ1n) is 21.6. The summed E-state index contributed by atoms with van der Waals surface area (Å²) in [7, 11) is 0. The third kappa shape index (κ3) is 30.2. The van der Waals surface area contributed by atoms with E-state index in [4.69, 9.17) is 9.47 Å². The maximum atomic E-state index is 13.0. The Morgan fingerprint density at radius 2 is 1.14 bits per heavy atom. The van der Waals surface area contributed by atoms with Crippen LogP contribution in [-0.2, 0) is 47.8 Å². The van der Waals surface area contributed by atoms with Crippen LogP contribution in [0.15, 0.2) is 0 Å². The van der Waals surface area contributed by atoms with Gasteiger partial charge in [0.15, 0.2) is 0 Å². The number of rotatable bonds is 36. The predicted octanol–water partition coefficient (Wildman–Crippen LogP) is 3.20. The molecule has 0 unspecified atom stereocenters. The van der Waals surface area contributed by atoms with Crippen LogP contribution in [0.1, 0.15) is 120 Å². The van der Waals surface area contributed by atoms with Crippen LogP contribution in [0.2, 0.25) is 0 Å². The van der Waals surface area contributed by atoms with Crippen molar-refractivity contribution in [3.63, 3.8) is 0 Å². The molecule has 0 aliphatic carbocycles. The van der Waals surface area contributed by atoms with Crippen molar-refractivity contribution < 1.29 is 58.0 Å². The maximum Gasteiger partial charge on any atom is 0.326 e. The standard InChI is InChI=1S/C43H78N6O12S2/c1-40(2,27-37(55)56)30-41(3,4)39(59)46-31(38(57)58)13-11-12-17-42(5,6)48-33(51)16-23-60-25-26-61-24-18-43(7,8)47-32(50)14-15-36(54)49(21-19-44-34(52)28-62-9)22-20-45-35(53)29-63-10/h31H,11-30H2,1-10H3,(H,44,52)(H,45,53)(H,46,59)(H,47,50)(H,48,51)(H,55,56)(H,57,58)/t31-/m0/s1. The lowest BCUT2D eigenvalue weighted by atomic mass is 9.73. The minimum absolute atomic E-state index is 0.0253. The summed E-state index contributed by atoms with van der Waals surface area (Å²) in [5.41, 5.74) is -2.79. The van der Waals surface area contributed by atoms with Gasteiger partial charge in [0.1, 0.15) is 6.04 Å². The number of thioether (sulfide) groups is 2. The first kappa shape index (κ1) is 59.4. The summed E-state index contributed by atoms with van der Waals surface area (Å²) in [5.74, 6) is -2.94. The molecule has 0 spiro atoms. The van der Waals surface area contributed by atoms with Crippen molar-refractivity contribution in [3.8, 4) is 0 Å². The Morgan fingerprint density at radius 1 is 0.635 bits per heavy atom. The molecule has 0 aromatic carbocycles. The summed E-state index contributed by atoms with van der Waals surface area (Å²) in [6.07, 6.45) is 6.27. The second-order valence-electron chi connectivity index (χ2n) is 18.4. The molecule has 0 radical (unpaired) electrons. The van der Waals surface area contributed by atoms with Gasteiger partial charge in [-0.25, -0.2) is 4.79 Å². The summed E-state index contributed by atoms with van der Waals surface area (Å²) >= 11 is 2.79. The number of hydrogen-bond donors (Lipinski definition) is 7. The quantitative estimate of drug-likeness (QED) is 0.0446. The maximum absolute atomic E-state index is 13.0. The summed E-state index contributed by atoms with van der Waals surface area (Å²) in [5, 5.41) is 33.0. The number of ether oxygens (including phenoxy) is 2. The van der Waals surface area contributed by atoms with Crippen LogP contribution < -0.4 is 26.6 Å². The van der Waals surface area contributed by atoms with Gasteiger partial charge in [0.05, 0.1) is 37.7 Å². The molecule has 0 aliphatic rings. The van der Waals surface area contributed by atoms with E-state index >= 15 is 0 Å². The van der Waals surface area contributed by atoms with E-state index in [1.165, 1.54) is 28.4 Å². The van der Waals surface area contributed by atoms with E-state index in [2.05, 4.69) is 26.6 Å². The molecule has 0 rings (SSSR count). The largest absolute Gasteiger partial charge is 0.481 e. The molecule has 20 heteroatoms. The van der Waals surface area contributed by atoms with Crippen LogP contribution in [0.5, 0.6) is 0 Å². The van der Waals surface area contributed by atoms with Gasteiger partial charge in [0.25, 0.3) is 0 Å². The van der Waals surface area contributed by atoms with E-state index in [-0.39, 0.29) is 114 Å². The lowest BCUT2D eigenvalue weighted by Crippen LogP contribution is -2.48. The van der Waals surface area contributed by atoms with Gasteiger partial charge in [-0.2, -0.15) is 23.5 Å². The van der Waals surface area contributed by atoms with E-state index in [1.807, 2.05) is 40.2 Å². The fraction of sp³-hybridized carbons (Fsp3) is 0.814. The predicted molar refractivity (Wildman–Crippen MR) is 246 cm³/mol. The van der Waals surface area contributed by atoms with Crippen molar-refractivity contribution in [2.24, 2.45) is 10.8 Å². The molecular formula is C43H78N6O12S2. The minimum atomic E-state index is -1.15. The number of carboxylic acids is 2. The molecule has 0 bridgehead atoms. The van der Waals surface area contributed by atoms with Gasteiger partial charge in [-0.15, -0.1) is 0 Å². The minimum Gasteiger partial charge on any atom is -0.481 e. The number of carboxylic acid groups (broad SMARTS) is 2. The third-order valence-corrected chi connectivity index (χ3v) is 11.0. The number of amides is 6. The van der Waals surface area contributed by atoms with Crippen molar-refractivity contribution in [3.05, 3.63) is 0 Å². The van der Waals surface area contributed by atoms with E-state index in [0.29, 0.717) is 43.8 Å². The molecule has 7 N–H and O–H groups in total. The number of carbonyl (C=O) groups is 8. The van der Waals surface area contributed by atoms with E-state index < -0.39 is 45.8 Å². The average molecular weight is 935 g/mol. The van der Waals surface area contributed by atoms with Crippen LogP contribution in [0.25, 0.3) is 0 Å². The lowest BCUT2D eigenvalue weighted by molar-refractivity contribution is -0.144. The number of aliphatic carboxylic acids is 2. The van der Waals surface area contributed by atoms with E-state index in [1.54, 1.807) is 27.7 Å². The zero-order chi connectivity index (χ0) is 48.3. The van der Waals surface area contributed by atoms with Gasteiger partial charge >= 0.3 is 11.9 Å². The number of nitrogens with one attached hydrogen (secondary N) is 5. The van der Waals surface area contributed by atoms with Gasteiger partial charge in [0, 0.05) is 68.5 Å². The first-order valence-corrected chi connectivity index (χ1v) is 24.4. The van der Waals surface area contributed by atoms with Gasteiger partial charge in [0.2, 0.25) is 35.4 Å². The third-order valence-electron chi connectivity index (χ3n) is 9.86. The molecule has 63 heavy (non-hydrogen) atoms. The van der Waals surface area contributed by atoms with Gasteiger partial charge in [-0.05, 0) is 71.3 Å². The first-order chi connectivity index (χ1) is 29.2. The average Bonchev–Trinajstić information content (AvgIpc) is 3.14. The molecule has 1 atom stereocenters. The molecule has 0 saturated carbocycles. The van der Waals surface area contributed by atoms with Crippen molar-refractivity contribution in [2.45, 2.75) is 137 Å². The Morgan fingerprint density at radius 3 is 1.65 bits per heavy atom. The Bertz CT molecular complexity index is 1450. The summed E-state index contributed by atoms with van der Waals surface area (Å²) in [6, 6.07) is -1.09. The van der Waals surface area contributed by atoms with E-state index in [0.717, 1.165) is 0 Å². The summed E-state index contributed by atoms with van der Waals surface area (Å²) in [6.45, 7) is 16.5. The van der Waals surface area contributed by atoms with Crippen LogP contribution in [0, 0.1) is 10.8 Å². The highest BCUT2D eigenvalue weighted by molar-refractivity contribution is 7.99. The second kappa shape index (κ2) is 30.5. The fourth-order valence-electron chi connectivity index (χ4n) is 6.86. The normalized spacial score (nSPS) is 12.5. The van der Waals surface area contributed by atoms with Crippen LogP contribution >= 0.6 is 23.5 Å². The SMILES string of the molecule is CSCC(=O)NCCN(CCNC(=O)CSC)C(=O)CCC(=O)NC(C)(C)CCOCCOCCC(=O)NC(C)(C)CCCC[C@H](NC(=O)C(C)(C)CC(C)(C)CC(=O)O)C(=O)O. The Labute approximate surface area is 383 Å². The van der Waals surface area contributed by atoms with Crippen molar-refractivity contribution in [2.75, 3.05) is 76.6 Å². The molecule has 0 heterocycles. The number of nitrogens with zero attached hydrogens (tertiary/aromatic N) is 1. The van der Waals surface area contributed by atoms with Crippen molar-refractivity contribution in [1.29, 1.82) is 0 Å². The molecule has 0 saturated heterocycles. The highest BCUT2D eigenvalue weighted by Crippen LogP contribution is 2.36. The number of carbonyl (C=O) groups excluding carboxylic acids is 6. The van der Waals surface area contributed by atoms with Crippen LogP contribution in [-0.4, -0.2) is 156 Å². The number of hydrogen-bond acceptors (Lipinski definition) is 12. The zero-order valence-electron chi connectivity index (χ0n) is 39.5. The van der Waals surface area contributed by atoms with Gasteiger partial charge < -0.3 is 51.2 Å². The Hall–Kier alpha value is -3.62. The number of unbranched alkanes of at least 4 members (excludes halogenated alkanes) is 1. The highest BCUT2D eigenvalue weighted by atomic mass is 32.2. The summed E-state index contributed by atoms with van der Waals surface area (Å²) < 4.78 is 11.3. The molecular weight excluding hydrogens is 857 g/mol. The molecule has 18 nitrogen and oxygen atoms in total. The monoisotopic (exact) mass is 935 g/mol. The van der Waals surface area contributed by atoms with E-state index in [9.17, 15) is 48.6 Å². The van der Waals surface area contributed by atoms with Crippen LogP contribution in [0.4, 0.5) is 0 Å². The van der Waals surface area contributed by atoms with Crippen molar-refractivity contribution in [1.82, 2.24) is 31.5 Å². The molecule has 0 aliphatic heterocycles. The second-order valence-corrected chi connectivity index (χ2v) is 20.2. The van der Waals surface area contributed by atoms with Gasteiger partial charge in [-0.3, -0.25) is 33.6 Å². The smallest absolute Gasteiger partial charge is 0.326 e. The molecule has 0 aromatic heterocycles. The zero-order valence-corrected chi connectivity index (χ0v) is 41.1. The van der Waals surface area contributed by atoms with Crippen molar-refractivity contribution >= 4 is 70.9 Å². The summed E-state index contributed by atoms with van der Waals surface area (Å²) in [4.78, 5) is 99.8. The molecule has 364 valence electrons. The Kier molecular flexibility index (Phi) is 28.8.